The lowest BCUT2D eigenvalue weighted by molar-refractivity contribution is 0.0670. The molecule has 0 saturated heterocycles. The van der Waals surface area contributed by atoms with Crippen molar-refractivity contribution in [3.63, 3.8) is 0 Å². The van der Waals surface area contributed by atoms with Gasteiger partial charge >= 0.3 is 5.97 Å². The number of nitrogens with zero attached hydrogens (tertiary/aromatic N) is 2. The van der Waals surface area contributed by atoms with Gasteiger partial charge in [-0.2, -0.15) is 5.10 Å². The van der Waals surface area contributed by atoms with Gasteiger partial charge in [-0.1, -0.05) is 30.3 Å². The third-order valence-electron chi connectivity index (χ3n) is 5.87. The number of aromatic carboxylic acids is 1. The predicted octanol–water partition coefficient (Wildman–Crippen LogP) is 5.47. The van der Waals surface area contributed by atoms with Crippen molar-refractivity contribution in [3.05, 3.63) is 59.8 Å². The fraction of sp³-hybridized carbons (Fsp3) is 0.440. The summed E-state index contributed by atoms with van der Waals surface area (Å²) in [6.45, 7) is 5.23. The quantitative estimate of drug-likeness (QED) is 0.521. The second-order valence-electron chi connectivity index (χ2n) is 8.66. The van der Waals surface area contributed by atoms with Gasteiger partial charge in [0, 0.05) is 24.3 Å². The number of benzene rings is 2. The van der Waals surface area contributed by atoms with Crippen LogP contribution in [0.25, 0.3) is 10.9 Å². The Hall–Kier alpha value is -2.86. The summed E-state index contributed by atoms with van der Waals surface area (Å²) in [6.07, 6.45) is 6.19. The fourth-order valence-corrected chi connectivity index (χ4v) is 4.27. The van der Waals surface area contributed by atoms with Crippen LogP contribution in [-0.2, 0) is 11.3 Å². The van der Waals surface area contributed by atoms with Crippen LogP contribution in [0.3, 0.4) is 0 Å². The van der Waals surface area contributed by atoms with Gasteiger partial charge < -0.3 is 14.6 Å². The molecule has 6 heteroatoms. The maximum Gasteiger partial charge on any atom is 0.339 e. The average molecular weight is 423 g/mol. The van der Waals surface area contributed by atoms with Gasteiger partial charge in [0.25, 0.3) is 0 Å². The van der Waals surface area contributed by atoms with Crippen LogP contribution in [0.1, 0.15) is 61.5 Å². The lowest BCUT2D eigenvalue weighted by Crippen LogP contribution is -2.21. The first-order valence-electron chi connectivity index (χ1n) is 11.0. The second kappa shape index (κ2) is 9.52. The Morgan fingerprint density at radius 1 is 1.16 bits per heavy atom. The smallest absolute Gasteiger partial charge is 0.339 e. The van der Waals surface area contributed by atoms with Crippen LogP contribution in [0.2, 0.25) is 0 Å². The molecule has 1 aliphatic carbocycles. The molecule has 0 amide bonds. The van der Waals surface area contributed by atoms with Gasteiger partial charge in [0.15, 0.2) is 0 Å². The van der Waals surface area contributed by atoms with Crippen molar-refractivity contribution in [1.82, 2.24) is 9.78 Å². The first kappa shape index (κ1) is 21.4. The van der Waals surface area contributed by atoms with E-state index in [1.54, 1.807) is 12.1 Å². The highest BCUT2D eigenvalue weighted by atomic mass is 16.5. The Labute approximate surface area is 182 Å². The fourth-order valence-electron chi connectivity index (χ4n) is 4.27. The van der Waals surface area contributed by atoms with E-state index >= 15 is 0 Å². The summed E-state index contributed by atoms with van der Waals surface area (Å²) in [7, 11) is 0. The third-order valence-corrected chi connectivity index (χ3v) is 5.87. The van der Waals surface area contributed by atoms with E-state index in [-0.39, 0.29) is 11.7 Å². The van der Waals surface area contributed by atoms with Crippen molar-refractivity contribution in [2.75, 3.05) is 6.61 Å². The van der Waals surface area contributed by atoms with Crippen LogP contribution in [0.5, 0.6) is 5.75 Å². The Morgan fingerprint density at radius 2 is 1.90 bits per heavy atom. The Morgan fingerprint density at radius 3 is 2.58 bits per heavy atom. The van der Waals surface area contributed by atoms with Gasteiger partial charge in [-0.3, -0.25) is 4.68 Å². The topological polar surface area (TPSA) is 73.6 Å². The molecule has 0 aliphatic heterocycles. The number of ether oxygens (including phenoxy) is 2. The minimum Gasteiger partial charge on any atom is -0.490 e. The molecule has 0 radical (unpaired) electrons. The normalized spacial score (nSPS) is 19.1. The van der Waals surface area contributed by atoms with E-state index < -0.39 is 5.97 Å². The van der Waals surface area contributed by atoms with Gasteiger partial charge in [-0.05, 0) is 57.1 Å². The molecule has 1 aliphatic rings. The van der Waals surface area contributed by atoms with Gasteiger partial charge in [0.1, 0.15) is 11.3 Å². The Balaban J connectivity index is 1.37. The van der Waals surface area contributed by atoms with Crippen molar-refractivity contribution in [2.45, 2.75) is 58.3 Å². The highest BCUT2D eigenvalue weighted by Gasteiger charge is 2.24. The van der Waals surface area contributed by atoms with Crippen LogP contribution in [-0.4, -0.2) is 33.6 Å². The van der Waals surface area contributed by atoms with Gasteiger partial charge in [0.2, 0.25) is 0 Å². The maximum atomic E-state index is 11.6. The first-order chi connectivity index (χ1) is 15.0. The van der Waals surface area contributed by atoms with Crippen LogP contribution < -0.4 is 4.74 Å². The van der Waals surface area contributed by atoms with Crippen molar-refractivity contribution in [2.24, 2.45) is 5.92 Å². The average Bonchev–Trinajstić information content (AvgIpc) is 3.17. The van der Waals surface area contributed by atoms with Crippen molar-refractivity contribution >= 4 is 16.9 Å². The molecule has 31 heavy (non-hydrogen) atoms. The Kier molecular flexibility index (Phi) is 6.56. The number of hydrogen-bond acceptors (Lipinski definition) is 4. The summed E-state index contributed by atoms with van der Waals surface area (Å²) in [6, 6.07) is 14.0. The first-order valence-corrected chi connectivity index (χ1v) is 11.0. The summed E-state index contributed by atoms with van der Waals surface area (Å²) in [4.78, 5) is 11.6. The van der Waals surface area contributed by atoms with Gasteiger partial charge in [-0.15, -0.1) is 0 Å². The summed E-state index contributed by atoms with van der Waals surface area (Å²) < 4.78 is 13.7. The highest BCUT2D eigenvalue weighted by Crippen LogP contribution is 2.34. The molecule has 0 atom stereocenters. The van der Waals surface area contributed by atoms with E-state index in [2.05, 4.69) is 12.1 Å². The SMILES string of the molecule is CC(C)Oc1cc2nn(C3CCC(COCc4ccccc4)CC3)cc2cc1C(=O)O. The lowest BCUT2D eigenvalue weighted by atomic mass is 9.86. The number of carboxylic acid groups (broad SMARTS) is 1. The van der Waals surface area contributed by atoms with Gasteiger partial charge in [-0.25, -0.2) is 4.79 Å². The maximum absolute atomic E-state index is 11.6. The van der Waals surface area contributed by atoms with Crippen LogP contribution >= 0.6 is 0 Å². The second-order valence-corrected chi connectivity index (χ2v) is 8.66. The lowest BCUT2D eigenvalue weighted by Gasteiger charge is -2.28. The molecule has 0 spiro atoms. The van der Waals surface area contributed by atoms with E-state index in [0.29, 0.717) is 24.3 Å². The number of carboxylic acids is 1. The zero-order valence-corrected chi connectivity index (χ0v) is 18.2. The molecule has 1 aromatic heterocycles. The summed E-state index contributed by atoms with van der Waals surface area (Å²) in [5.74, 6) is -0.0320. The van der Waals surface area contributed by atoms with Gasteiger partial charge in [0.05, 0.1) is 24.3 Å². The van der Waals surface area contributed by atoms with Crippen LogP contribution in [0, 0.1) is 5.92 Å². The van der Waals surface area contributed by atoms with E-state index in [0.717, 1.165) is 43.2 Å². The molecule has 1 saturated carbocycles. The van der Waals surface area contributed by atoms with Crippen molar-refractivity contribution in [3.8, 4) is 5.75 Å². The van der Waals surface area contributed by atoms with E-state index in [1.807, 2.05) is 42.9 Å². The predicted molar refractivity (Wildman–Crippen MR) is 120 cm³/mol. The summed E-state index contributed by atoms with van der Waals surface area (Å²) in [5, 5.41) is 15.1. The molecule has 0 unspecified atom stereocenters. The number of fused-ring (bicyclic) bond motifs is 1. The molecule has 1 fully saturated rings. The molecule has 164 valence electrons. The minimum atomic E-state index is -0.985. The molecule has 4 rings (SSSR count). The number of carbonyl (C=O) groups is 1. The van der Waals surface area contributed by atoms with E-state index in [4.69, 9.17) is 14.6 Å². The molecule has 3 aromatic rings. The standard InChI is InChI=1S/C25H30N2O4/c1-17(2)31-24-13-23-20(12-22(24)25(28)29)14-27(26-23)21-10-8-19(9-11-21)16-30-15-18-6-4-3-5-7-18/h3-7,12-14,17,19,21H,8-11,15-16H2,1-2H3,(H,28,29). The summed E-state index contributed by atoms with van der Waals surface area (Å²) in [5.41, 5.74) is 2.16. The van der Waals surface area contributed by atoms with Crippen molar-refractivity contribution < 1.29 is 19.4 Å². The van der Waals surface area contributed by atoms with E-state index in [1.165, 1.54) is 5.56 Å². The molecule has 6 nitrogen and oxygen atoms in total. The largest absolute Gasteiger partial charge is 0.490 e. The number of rotatable bonds is 8. The Bertz CT molecular complexity index is 1020. The highest BCUT2D eigenvalue weighted by molar-refractivity contribution is 5.96. The zero-order chi connectivity index (χ0) is 21.8. The number of aromatic nitrogens is 2. The third kappa shape index (κ3) is 5.25. The molecular formula is C25H30N2O4. The molecule has 1 heterocycles. The molecule has 2 aromatic carbocycles. The van der Waals surface area contributed by atoms with Crippen LogP contribution in [0.4, 0.5) is 0 Å². The van der Waals surface area contributed by atoms with Crippen LogP contribution in [0.15, 0.2) is 48.7 Å². The zero-order valence-electron chi connectivity index (χ0n) is 18.2. The molecule has 0 bridgehead atoms. The minimum absolute atomic E-state index is 0.1000. The van der Waals surface area contributed by atoms with Crippen molar-refractivity contribution in [1.29, 1.82) is 0 Å². The number of hydrogen-bond donors (Lipinski definition) is 1. The monoisotopic (exact) mass is 422 g/mol. The molecular weight excluding hydrogens is 392 g/mol. The van der Waals surface area contributed by atoms with E-state index in [9.17, 15) is 9.90 Å². The molecule has 1 N–H and O–H groups in total. The summed E-state index contributed by atoms with van der Waals surface area (Å²) >= 11 is 0.